The predicted molar refractivity (Wildman–Crippen MR) is 74.5 cm³/mol. The van der Waals surface area contributed by atoms with Crippen molar-refractivity contribution >= 4 is 17.4 Å². The highest BCUT2D eigenvalue weighted by Crippen LogP contribution is 2.18. The molecule has 0 radical (unpaired) electrons. The third-order valence-electron chi connectivity index (χ3n) is 2.47. The number of nitriles is 1. The molecule has 0 aliphatic heterocycles. The molecule has 0 bridgehead atoms. The molecule has 0 aromatic carbocycles. The van der Waals surface area contributed by atoms with Crippen LogP contribution in [0.2, 0.25) is 0 Å². The summed E-state index contributed by atoms with van der Waals surface area (Å²) in [6.07, 6.45) is 1.49. The van der Waals surface area contributed by atoms with Gasteiger partial charge < -0.3 is 16.0 Å². The summed E-state index contributed by atoms with van der Waals surface area (Å²) in [5.41, 5.74) is 6.41. The van der Waals surface area contributed by atoms with Gasteiger partial charge >= 0.3 is 0 Å². The van der Waals surface area contributed by atoms with Gasteiger partial charge in [-0.2, -0.15) is 5.26 Å². The number of amides is 1. The predicted octanol–water partition coefficient (Wildman–Crippen LogP) is 0.886. The number of aromatic nitrogens is 1. The summed E-state index contributed by atoms with van der Waals surface area (Å²) in [5, 5.41) is 11.9. The number of likely N-dealkylation sites (N-methyl/N-ethyl adjacent to an activating group) is 1. The fourth-order valence-corrected chi connectivity index (χ4v) is 1.69. The summed E-state index contributed by atoms with van der Waals surface area (Å²) in [4.78, 5) is 17.7. The zero-order chi connectivity index (χ0) is 14.4. The molecule has 19 heavy (non-hydrogen) atoms. The monoisotopic (exact) mass is 261 g/mol. The molecular formula is C13H19N5O. The van der Waals surface area contributed by atoms with E-state index in [0.29, 0.717) is 23.6 Å². The van der Waals surface area contributed by atoms with Gasteiger partial charge in [-0.05, 0) is 26.8 Å². The quantitative estimate of drug-likeness (QED) is 0.820. The third-order valence-corrected chi connectivity index (χ3v) is 2.47. The first-order chi connectivity index (χ1) is 8.97. The first-order valence-electron chi connectivity index (χ1n) is 6.17. The Labute approximate surface area is 113 Å². The minimum Gasteiger partial charge on any atom is -0.397 e. The number of pyridine rings is 1. The Bertz CT molecular complexity index is 492. The standard InChI is InChI=1S/C13H19N5O/c1-4-18(8-12(19)17-9(2)3)13-10(6-14)5-11(15)7-16-13/h5,7,9H,4,8,15H2,1-3H3,(H,17,19). The van der Waals surface area contributed by atoms with Crippen molar-refractivity contribution in [3.8, 4) is 6.07 Å². The second-order valence-electron chi connectivity index (χ2n) is 4.49. The average molecular weight is 261 g/mol. The molecular weight excluding hydrogens is 242 g/mol. The summed E-state index contributed by atoms with van der Waals surface area (Å²) in [5.74, 6) is 0.387. The van der Waals surface area contributed by atoms with Gasteiger partial charge in [0.2, 0.25) is 5.91 Å². The van der Waals surface area contributed by atoms with Crippen LogP contribution in [0, 0.1) is 11.3 Å². The van der Waals surface area contributed by atoms with Gasteiger partial charge in [-0.25, -0.2) is 4.98 Å². The number of hydrogen-bond acceptors (Lipinski definition) is 5. The van der Waals surface area contributed by atoms with Gasteiger partial charge in [0, 0.05) is 12.6 Å². The van der Waals surface area contributed by atoms with E-state index in [2.05, 4.69) is 10.3 Å². The van der Waals surface area contributed by atoms with Crippen molar-refractivity contribution in [2.45, 2.75) is 26.8 Å². The summed E-state index contributed by atoms with van der Waals surface area (Å²) in [7, 11) is 0. The van der Waals surface area contributed by atoms with Crippen LogP contribution in [0.5, 0.6) is 0 Å². The van der Waals surface area contributed by atoms with E-state index in [1.54, 1.807) is 11.0 Å². The number of carbonyl (C=O) groups excluding carboxylic acids is 1. The average Bonchev–Trinajstić information content (AvgIpc) is 2.35. The van der Waals surface area contributed by atoms with Crippen molar-refractivity contribution in [2.24, 2.45) is 0 Å². The molecule has 0 saturated carbocycles. The molecule has 1 heterocycles. The van der Waals surface area contributed by atoms with Crippen LogP contribution in [0.25, 0.3) is 0 Å². The Hall–Kier alpha value is -2.29. The number of hydrogen-bond donors (Lipinski definition) is 2. The van der Waals surface area contributed by atoms with E-state index in [4.69, 9.17) is 11.0 Å². The van der Waals surface area contributed by atoms with Crippen molar-refractivity contribution in [3.63, 3.8) is 0 Å². The van der Waals surface area contributed by atoms with Gasteiger partial charge in [0.05, 0.1) is 24.0 Å². The summed E-state index contributed by atoms with van der Waals surface area (Å²) in [6.45, 7) is 6.45. The van der Waals surface area contributed by atoms with Crippen LogP contribution in [0.4, 0.5) is 11.5 Å². The second kappa shape index (κ2) is 6.59. The van der Waals surface area contributed by atoms with Crippen molar-refractivity contribution in [3.05, 3.63) is 17.8 Å². The largest absolute Gasteiger partial charge is 0.397 e. The fourth-order valence-electron chi connectivity index (χ4n) is 1.69. The van der Waals surface area contributed by atoms with Crippen LogP contribution in [-0.4, -0.2) is 30.0 Å². The molecule has 0 aliphatic rings. The van der Waals surface area contributed by atoms with E-state index in [9.17, 15) is 4.79 Å². The summed E-state index contributed by atoms with van der Waals surface area (Å²) < 4.78 is 0. The molecule has 1 rings (SSSR count). The van der Waals surface area contributed by atoms with Crippen molar-refractivity contribution < 1.29 is 4.79 Å². The van der Waals surface area contributed by atoms with Gasteiger partial charge in [0.15, 0.2) is 0 Å². The fraction of sp³-hybridized carbons (Fsp3) is 0.462. The topological polar surface area (TPSA) is 95.0 Å². The Morgan fingerprint density at radius 3 is 2.84 bits per heavy atom. The molecule has 0 spiro atoms. The second-order valence-corrected chi connectivity index (χ2v) is 4.49. The zero-order valence-corrected chi connectivity index (χ0v) is 11.5. The molecule has 3 N–H and O–H groups in total. The third kappa shape index (κ3) is 4.14. The highest BCUT2D eigenvalue weighted by molar-refractivity contribution is 5.81. The Morgan fingerprint density at radius 1 is 1.63 bits per heavy atom. The normalized spacial score (nSPS) is 10.1. The molecule has 1 amide bonds. The maximum absolute atomic E-state index is 11.8. The minimum atomic E-state index is -0.0978. The first kappa shape index (κ1) is 14.8. The van der Waals surface area contributed by atoms with E-state index in [-0.39, 0.29) is 18.5 Å². The van der Waals surface area contributed by atoms with Crippen LogP contribution in [0.1, 0.15) is 26.3 Å². The lowest BCUT2D eigenvalue weighted by atomic mass is 10.2. The number of nitrogens with two attached hydrogens (primary N) is 1. The smallest absolute Gasteiger partial charge is 0.239 e. The molecule has 102 valence electrons. The van der Waals surface area contributed by atoms with Crippen LogP contribution >= 0.6 is 0 Å². The number of nitrogens with zero attached hydrogens (tertiary/aromatic N) is 3. The molecule has 0 aliphatic carbocycles. The summed E-state index contributed by atoms with van der Waals surface area (Å²) in [6, 6.07) is 3.69. The van der Waals surface area contributed by atoms with Gasteiger partial charge in [-0.15, -0.1) is 0 Å². The molecule has 1 aromatic heterocycles. The SMILES string of the molecule is CCN(CC(=O)NC(C)C)c1ncc(N)cc1C#N. The Balaban J connectivity index is 2.92. The minimum absolute atomic E-state index is 0.0843. The Morgan fingerprint density at radius 2 is 2.32 bits per heavy atom. The first-order valence-corrected chi connectivity index (χ1v) is 6.17. The highest BCUT2D eigenvalue weighted by atomic mass is 16.2. The van der Waals surface area contributed by atoms with Crippen molar-refractivity contribution in [1.29, 1.82) is 5.26 Å². The maximum Gasteiger partial charge on any atom is 0.239 e. The zero-order valence-electron chi connectivity index (χ0n) is 11.5. The van der Waals surface area contributed by atoms with Gasteiger partial charge in [-0.3, -0.25) is 4.79 Å². The number of nitrogens with one attached hydrogen (secondary N) is 1. The Kier molecular flexibility index (Phi) is 5.12. The van der Waals surface area contributed by atoms with Gasteiger partial charge in [-0.1, -0.05) is 0 Å². The number of rotatable bonds is 5. The van der Waals surface area contributed by atoms with E-state index in [1.165, 1.54) is 6.20 Å². The van der Waals surface area contributed by atoms with E-state index < -0.39 is 0 Å². The lowest BCUT2D eigenvalue weighted by Crippen LogP contribution is -2.40. The summed E-state index contributed by atoms with van der Waals surface area (Å²) >= 11 is 0. The molecule has 0 atom stereocenters. The van der Waals surface area contributed by atoms with Crippen LogP contribution in [0.15, 0.2) is 12.3 Å². The van der Waals surface area contributed by atoms with E-state index in [1.807, 2.05) is 26.8 Å². The van der Waals surface area contributed by atoms with Crippen molar-refractivity contribution in [2.75, 3.05) is 23.7 Å². The van der Waals surface area contributed by atoms with Crippen LogP contribution in [0.3, 0.4) is 0 Å². The van der Waals surface area contributed by atoms with Gasteiger partial charge in [0.25, 0.3) is 0 Å². The maximum atomic E-state index is 11.8. The van der Waals surface area contributed by atoms with E-state index >= 15 is 0 Å². The van der Waals surface area contributed by atoms with Gasteiger partial charge in [0.1, 0.15) is 11.9 Å². The van der Waals surface area contributed by atoms with Crippen LogP contribution < -0.4 is 16.0 Å². The highest BCUT2D eigenvalue weighted by Gasteiger charge is 2.15. The molecule has 0 unspecified atom stereocenters. The number of carbonyl (C=O) groups is 1. The lowest BCUT2D eigenvalue weighted by Gasteiger charge is -2.23. The number of nitrogen functional groups attached to an aromatic ring is 1. The lowest BCUT2D eigenvalue weighted by molar-refractivity contribution is -0.120. The molecule has 6 nitrogen and oxygen atoms in total. The van der Waals surface area contributed by atoms with Crippen molar-refractivity contribution in [1.82, 2.24) is 10.3 Å². The molecule has 0 saturated heterocycles. The molecule has 1 aromatic rings. The van der Waals surface area contributed by atoms with Crippen LogP contribution in [-0.2, 0) is 4.79 Å². The number of anilines is 2. The molecule has 6 heteroatoms. The molecule has 0 fully saturated rings. The van der Waals surface area contributed by atoms with E-state index in [0.717, 1.165) is 0 Å².